The van der Waals surface area contributed by atoms with Crippen LogP contribution in [-0.4, -0.2) is 9.97 Å². The molecule has 2 aromatic rings. The van der Waals surface area contributed by atoms with Crippen molar-refractivity contribution in [1.82, 2.24) is 9.97 Å². The number of aryl methyl sites for hydroxylation is 2. The van der Waals surface area contributed by atoms with Crippen molar-refractivity contribution >= 4 is 59.9 Å². The van der Waals surface area contributed by atoms with E-state index < -0.39 is 0 Å². The number of pyridine rings is 2. The quantitative estimate of drug-likeness (QED) is 0.512. The third kappa shape index (κ3) is 8.29. The van der Waals surface area contributed by atoms with Gasteiger partial charge in [-0.3, -0.25) is 9.97 Å². The number of nitrogens with zero attached hydrogens (tertiary/aromatic N) is 2. The van der Waals surface area contributed by atoms with E-state index in [2.05, 4.69) is 57.8 Å². The highest BCUT2D eigenvalue weighted by atomic mass is 79.9. The predicted octanol–water partition coefficient (Wildman–Crippen LogP) is 6.23. The Morgan fingerprint density at radius 1 is 1.00 bits per heavy atom. The van der Waals surface area contributed by atoms with E-state index in [0.717, 1.165) is 17.0 Å². The van der Waals surface area contributed by atoms with Crippen molar-refractivity contribution in [3.05, 3.63) is 67.5 Å². The monoisotopic (exact) mass is 475 g/mol. The van der Waals surface area contributed by atoms with Gasteiger partial charge in [-0.1, -0.05) is 28.1 Å². The van der Waals surface area contributed by atoms with Gasteiger partial charge < -0.3 is 0 Å². The molecule has 0 bridgehead atoms. The maximum absolute atomic E-state index is 7.58. The van der Waals surface area contributed by atoms with Crippen LogP contribution in [0, 0.1) is 13.8 Å². The molecule has 2 heterocycles. The van der Waals surface area contributed by atoms with Crippen LogP contribution in [0.25, 0.3) is 12.1 Å². The van der Waals surface area contributed by atoms with Crippen LogP contribution in [0.15, 0.2) is 45.0 Å². The molecule has 0 aliphatic heterocycles. The van der Waals surface area contributed by atoms with Gasteiger partial charge in [0.2, 0.25) is 0 Å². The average molecular weight is 478 g/mol. The first-order valence-electron chi connectivity index (χ1n) is 7.43. The Labute approximate surface area is 155 Å². The summed E-state index contributed by atoms with van der Waals surface area (Å²) in [5, 5.41) is 0. The third-order valence-corrected chi connectivity index (χ3v) is 2.85. The topological polar surface area (TPSA) is 25.8 Å². The van der Waals surface area contributed by atoms with Crippen molar-refractivity contribution in [3.63, 3.8) is 0 Å². The second-order valence-electron chi connectivity index (χ2n) is 3.98. The molecule has 0 spiro atoms. The lowest BCUT2D eigenvalue weighted by atomic mass is 10.2. The number of rotatable bonds is 2. The Balaban J connectivity index is 0.000000240. The minimum absolute atomic E-state index is 0.0770. The van der Waals surface area contributed by atoms with E-state index in [1.807, 2.05) is 32.0 Å². The summed E-state index contributed by atoms with van der Waals surface area (Å²) in [6.45, 7) is 3.80. The fraction of sp³-hybridized carbons (Fsp3) is 0.125. The van der Waals surface area contributed by atoms with Gasteiger partial charge in [0.05, 0.1) is 7.50 Å². The van der Waals surface area contributed by atoms with E-state index in [1.54, 1.807) is 18.5 Å². The summed E-state index contributed by atoms with van der Waals surface area (Å²) in [5.74, 6) is 0. The summed E-state index contributed by atoms with van der Waals surface area (Å²) in [4.78, 5) is 8.19. The van der Waals surface area contributed by atoms with Crippen LogP contribution < -0.4 is 0 Å². The molecule has 21 heavy (non-hydrogen) atoms. The van der Waals surface area contributed by atoms with E-state index in [1.165, 1.54) is 0 Å². The van der Waals surface area contributed by atoms with Crippen LogP contribution in [0.4, 0.5) is 0 Å². The minimum atomic E-state index is 0.0770. The van der Waals surface area contributed by atoms with Gasteiger partial charge in [0.15, 0.2) is 0 Å². The zero-order chi connectivity index (χ0) is 18.3. The first kappa shape index (κ1) is 13.9. The molecule has 2 rings (SSSR count). The highest BCUT2D eigenvalue weighted by Crippen LogP contribution is 2.17. The van der Waals surface area contributed by atoms with Crippen molar-refractivity contribution < 1.29 is 4.11 Å². The number of halogens is 3. The van der Waals surface area contributed by atoms with E-state index in [4.69, 9.17) is 4.11 Å². The molecule has 0 atom stereocenters. The molecule has 2 nitrogen and oxygen atoms in total. The van der Waals surface area contributed by atoms with Crippen LogP contribution >= 0.6 is 47.8 Å². The summed E-state index contributed by atoms with van der Waals surface area (Å²) in [6.07, 6.45) is 3.27. The zero-order valence-electron chi connectivity index (χ0n) is 14.5. The second kappa shape index (κ2) is 10.0. The zero-order valence-corrected chi connectivity index (χ0v) is 16.3. The molecular formula is C16H15Br3N2. The predicted molar refractivity (Wildman–Crippen MR) is 102 cm³/mol. The molecule has 5 heteroatoms. The molecule has 0 N–H and O–H groups in total. The fourth-order valence-electron chi connectivity index (χ4n) is 1.25. The molecule has 0 aromatic carbocycles. The van der Waals surface area contributed by atoms with Crippen molar-refractivity contribution in [3.8, 4) is 0 Å². The Morgan fingerprint density at radius 2 is 1.52 bits per heavy atom. The van der Waals surface area contributed by atoms with Crippen LogP contribution in [0.3, 0.4) is 0 Å². The van der Waals surface area contributed by atoms with E-state index in [-0.39, 0.29) is 11.0 Å². The van der Waals surface area contributed by atoms with Crippen molar-refractivity contribution in [2.75, 3.05) is 0 Å². The third-order valence-electron chi connectivity index (χ3n) is 2.25. The minimum Gasteiger partial charge on any atom is -0.261 e. The summed E-state index contributed by atoms with van der Waals surface area (Å²) < 4.78 is 22.8. The molecule has 0 amide bonds. The molecule has 110 valence electrons. The van der Waals surface area contributed by atoms with Gasteiger partial charge in [0, 0.05) is 23.8 Å². The standard InChI is InChI=1S/C8H7Br2N.C8H8BrN/c1-6-2-3-7(5-11-6)4-8(9)10;1-7-2-3-8(4-5-9)6-10-7/h2-5H,1H3;2-6H,1H3/i4D;4D,5D. The van der Waals surface area contributed by atoms with Crippen LogP contribution in [-0.2, 0) is 0 Å². The summed E-state index contributed by atoms with van der Waals surface area (Å²) in [6, 6.07) is 7.91. The lowest BCUT2D eigenvalue weighted by Crippen LogP contribution is -1.79. The molecule has 0 radical (unpaired) electrons. The van der Waals surface area contributed by atoms with Gasteiger partial charge >= 0.3 is 0 Å². The molecule has 0 fully saturated rings. The molecule has 2 aromatic heterocycles. The van der Waals surface area contributed by atoms with E-state index >= 15 is 0 Å². The molecule has 0 unspecified atom stereocenters. The Kier molecular flexibility index (Phi) is 6.62. The SMILES string of the molecule is [2H]C(=C(Br)Br)c1ccc(C)nc1.[2H]C(Br)=C([2H])c1ccc(C)nc1. The van der Waals surface area contributed by atoms with Gasteiger partial charge in [0.25, 0.3) is 0 Å². The molecule has 0 saturated carbocycles. The maximum Gasteiger partial charge on any atom is 0.0703 e. The van der Waals surface area contributed by atoms with Gasteiger partial charge in [-0.15, -0.1) is 0 Å². The first-order valence-corrected chi connectivity index (χ1v) is 8.31. The number of hydrogen-bond donors (Lipinski definition) is 0. The van der Waals surface area contributed by atoms with Crippen LogP contribution in [0.2, 0.25) is 0 Å². The first-order chi connectivity index (χ1) is 11.2. The highest BCUT2D eigenvalue weighted by molar-refractivity contribution is 9.28. The normalized spacial score (nSPS) is 12.9. The number of hydrogen-bond acceptors (Lipinski definition) is 2. The summed E-state index contributed by atoms with van der Waals surface area (Å²) in [7, 11) is 0. The summed E-state index contributed by atoms with van der Waals surface area (Å²) in [5.41, 5.74) is 3.32. The van der Waals surface area contributed by atoms with Crippen LogP contribution in [0.1, 0.15) is 26.6 Å². The second-order valence-corrected chi connectivity index (χ2v) is 7.03. The van der Waals surface area contributed by atoms with Gasteiger partial charge in [-0.2, -0.15) is 0 Å². The van der Waals surface area contributed by atoms with Gasteiger partial charge in [-0.05, 0) is 86.0 Å². The van der Waals surface area contributed by atoms with Crippen molar-refractivity contribution in [1.29, 1.82) is 0 Å². The van der Waals surface area contributed by atoms with Crippen LogP contribution in [0.5, 0.6) is 0 Å². The summed E-state index contributed by atoms with van der Waals surface area (Å²) >= 11 is 9.28. The lowest BCUT2D eigenvalue weighted by molar-refractivity contribution is 1.19. The largest absolute Gasteiger partial charge is 0.261 e. The molecule has 0 aliphatic carbocycles. The lowest BCUT2D eigenvalue weighted by Gasteiger charge is -1.93. The molecular weight excluding hydrogens is 460 g/mol. The Hall–Kier alpha value is -0.780. The van der Waals surface area contributed by atoms with E-state index in [9.17, 15) is 0 Å². The van der Waals surface area contributed by atoms with Crippen molar-refractivity contribution in [2.24, 2.45) is 0 Å². The molecule has 0 saturated heterocycles. The smallest absolute Gasteiger partial charge is 0.0703 e. The Bertz CT molecular complexity index is 669. The average Bonchev–Trinajstić information content (AvgIpc) is 2.55. The van der Waals surface area contributed by atoms with E-state index in [0.29, 0.717) is 15.0 Å². The van der Waals surface area contributed by atoms with Gasteiger partial charge in [-0.25, -0.2) is 0 Å². The Morgan fingerprint density at radius 3 is 1.90 bits per heavy atom. The number of aromatic nitrogens is 2. The fourth-order valence-corrected chi connectivity index (χ4v) is 1.93. The highest BCUT2D eigenvalue weighted by Gasteiger charge is 1.89. The maximum atomic E-state index is 7.58. The van der Waals surface area contributed by atoms with Crippen molar-refractivity contribution in [2.45, 2.75) is 13.8 Å². The van der Waals surface area contributed by atoms with Gasteiger partial charge in [0.1, 0.15) is 0 Å². The molecule has 0 aliphatic rings.